The number of ether oxygens (including phenoxy) is 1. The number of carbonyl (C=O) groups excluding carboxylic acids is 1. The summed E-state index contributed by atoms with van der Waals surface area (Å²) in [5, 5.41) is 0.971. The van der Waals surface area contributed by atoms with Crippen molar-refractivity contribution in [3.05, 3.63) is 58.4 Å². The lowest BCUT2D eigenvalue weighted by atomic mass is 10.2. The van der Waals surface area contributed by atoms with Crippen LogP contribution in [0.25, 0.3) is 10.1 Å². The number of sulfonamides is 1. The number of fused-ring (bicyclic) bond motifs is 1. The van der Waals surface area contributed by atoms with Crippen LogP contribution in [0.3, 0.4) is 0 Å². The SMILES string of the molecule is COC(=O)c1sc2ccccc2c1S(=O)(=O)Nc1ccc(Cl)cc1. The molecule has 1 aromatic heterocycles. The fraction of sp³-hybridized carbons (Fsp3) is 0.0625. The molecule has 0 aliphatic rings. The van der Waals surface area contributed by atoms with Crippen LogP contribution in [0.5, 0.6) is 0 Å². The van der Waals surface area contributed by atoms with Crippen molar-refractivity contribution < 1.29 is 17.9 Å². The van der Waals surface area contributed by atoms with Crippen LogP contribution in [0.2, 0.25) is 5.02 Å². The van der Waals surface area contributed by atoms with E-state index in [1.54, 1.807) is 48.5 Å². The van der Waals surface area contributed by atoms with Gasteiger partial charge in [-0.3, -0.25) is 4.72 Å². The summed E-state index contributed by atoms with van der Waals surface area (Å²) in [5.74, 6) is -0.687. The molecule has 0 spiro atoms. The Morgan fingerprint density at radius 3 is 2.46 bits per heavy atom. The maximum Gasteiger partial charge on any atom is 0.349 e. The molecule has 0 aliphatic carbocycles. The lowest BCUT2D eigenvalue weighted by Gasteiger charge is -2.09. The number of rotatable bonds is 4. The summed E-state index contributed by atoms with van der Waals surface area (Å²) in [7, 11) is -2.76. The van der Waals surface area contributed by atoms with E-state index in [1.165, 1.54) is 7.11 Å². The van der Waals surface area contributed by atoms with Gasteiger partial charge in [0.25, 0.3) is 10.0 Å². The fourth-order valence-electron chi connectivity index (χ4n) is 2.24. The lowest BCUT2D eigenvalue weighted by Crippen LogP contribution is -2.16. The summed E-state index contributed by atoms with van der Waals surface area (Å²) in [5.41, 5.74) is 0.352. The maximum absolute atomic E-state index is 12.9. The molecule has 2 aromatic carbocycles. The van der Waals surface area contributed by atoms with E-state index in [4.69, 9.17) is 16.3 Å². The van der Waals surface area contributed by atoms with Crippen LogP contribution in [0, 0.1) is 0 Å². The molecule has 0 bridgehead atoms. The predicted molar refractivity (Wildman–Crippen MR) is 95.4 cm³/mol. The first-order valence-corrected chi connectivity index (χ1v) is 9.48. The number of thiophene rings is 1. The number of hydrogen-bond donors (Lipinski definition) is 1. The smallest absolute Gasteiger partial charge is 0.349 e. The molecule has 0 fully saturated rings. The third kappa shape index (κ3) is 3.10. The average Bonchev–Trinajstić information content (AvgIpc) is 2.96. The minimum atomic E-state index is -3.98. The van der Waals surface area contributed by atoms with E-state index in [2.05, 4.69) is 4.72 Å². The van der Waals surface area contributed by atoms with Gasteiger partial charge >= 0.3 is 5.97 Å². The minimum Gasteiger partial charge on any atom is -0.465 e. The molecule has 3 rings (SSSR count). The third-order valence-corrected chi connectivity index (χ3v) is 6.28. The molecule has 0 atom stereocenters. The largest absolute Gasteiger partial charge is 0.465 e. The van der Waals surface area contributed by atoms with E-state index >= 15 is 0 Å². The highest BCUT2D eigenvalue weighted by molar-refractivity contribution is 7.93. The number of carbonyl (C=O) groups is 1. The van der Waals surface area contributed by atoms with Crippen molar-refractivity contribution in [2.45, 2.75) is 4.90 Å². The van der Waals surface area contributed by atoms with Crippen molar-refractivity contribution in [1.82, 2.24) is 0 Å². The molecule has 8 heteroatoms. The molecule has 0 unspecified atom stereocenters. The van der Waals surface area contributed by atoms with Gasteiger partial charge in [-0.1, -0.05) is 29.8 Å². The first kappa shape index (κ1) is 16.8. The Labute approximate surface area is 147 Å². The van der Waals surface area contributed by atoms with E-state index in [0.717, 1.165) is 11.3 Å². The van der Waals surface area contributed by atoms with Crippen LogP contribution in [0.1, 0.15) is 9.67 Å². The van der Waals surface area contributed by atoms with Crippen molar-refractivity contribution in [2.24, 2.45) is 0 Å². The molecule has 0 saturated heterocycles. The first-order valence-electron chi connectivity index (χ1n) is 6.80. The van der Waals surface area contributed by atoms with E-state index in [-0.39, 0.29) is 9.77 Å². The normalized spacial score (nSPS) is 11.4. The van der Waals surface area contributed by atoms with Crippen molar-refractivity contribution in [1.29, 1.82) is 0 Å². The Hall–Kier alpha value is -2.09. The minimum absolute atomic E-state index is 0.0418. The van der Waals surface area contributed by atoms with E-state index in [1.807, 2.05) is 0 Å². The first-order chi connectivity index (χ1) is 11.4. The van der Waals surface area contributed by atoms with E-state index in [9.17, 15) is 13.2 Å². The molecule has 0 radical (unpaired) electrons. The van der Waals surface area contributed by atoms with Crippen LogP contribution in [0.4, 0.5) is 5.69 Å². The Kier molecular flexibility index (Phi) is 4.49. The summed E-state index contributed by atoms with van der Waals surface area (Å²) >= 11 is 6.89. The Balaban J connectivity index is 2.15. The second kappa shape index (κ2) is 6.43. The number of hydrogen-bond acceptors (Lipinski definition) is 5. The number of halogens is 1. The number of anilines is 1. The molecule has 124 valence electrons. The van der Waals surface area contributed by atoms with Crippen molar-refractivity contribution in [2.75, 3.05) is 11.8 Å². The molecule has 0 aliphatic heterocycles. The van der Waals surface area contributed by atoms with Crippen LogP contribution in [0.15, 0.2) is 53.4 Å². The van der Waals surface area contributed by atoms with Gasteiger partial charge in [0.15, 0.2) is 0 Å². The zero-order chi connectivity index (χ0) is 17.3. The summed E-state index contributed by atoms with van der Waals surface area (Å²) in [4.78, 5) is 12.0. The van der Waals surface area contributed by atoms with Gasteiger partial charge in [-0.25, -0.2) is 13.2 Å². The van der Waals surface area contributed by atoms with Crippen LogP contribution >= 0.6 is 22.9 Å². The standard InChI is InChI=1S/C16H12ClNO4S2/c1-22-16(19)14-15(12-4-2-3-5-13(12)23-14)24(20,21)18-11-8-6-10(17)7-9-11/h2-9,18H,1H3. The Morgan fingerprint density at radius 2 is 1.79 bits per heavy atom. The molecule has 24 heavy (non-hydrogen) atoms. The summed E-state index contributed by atoms with van der Waals surface area (Å²) in [6, 6.07) is 13.2. The molecule has 1 heterocycles. The summed E-state index contributed by atoms with van der Waals surface area (Å²) in [6.45, 7) is 0. The number of nitrogens with one attached hydrogen (secondary N) is 1. The zero-order valence-electron chi connectivity index (χ0n) is 12.4. The van der Waals surface area contributed by atoms with Crippen LogP contribution < -0.4 is 4.72 Å². The van der Waals surface area contributed by atoms with Crippen molar-refractivity contribution >= 4 is 54.7 Å². The zero-order valence-corrected chi connectivity index (χ0v) is 14.8. The Morgan fingerprint density at radius 1 is 1.12 bits per heavy atom. The van der Waals surface area contributed by atoms with E-state index < -0.39 is 16.0 Å². The van der Waals surface area contributed by atoms with Gasteiger partial charge in [0.05, 0.1) is 7.11 Å². The lowest BCUT2D eigenvalue weighted by molar-refractivity contribution is 0.0602. The number of methoxy groups -OCH3 is 1. The van der Waals surface area contributed by atoms with Crippen molar-refractivity contribution in [3.63, 3.8) is 0 Å². The molecule has 0 amide bonds. The van der Waals surface area contributed by atoms with Gasteiger partial charge in [0, 0.05) is 20.8 Å². The van der Waals surface area contributed by atoms with Crippen LogP contribution in [-0.2, 0) is 14.8 Å². The van der Waals surface area contributed by atoms with Gasteiger partial charge in [0.2, 0.25) is 0 Å². The highest BCUT2D eigenvalue weighted by Gasteiger charge is 2.29. The van der Waals surface area contributed by atoms with Gasteiger partial charge < -0.3 is 4.74 Å². The number of benzene rings is 2. The molecule has 3 aromatic rings. The van der Waals surface area contributed by atoms with Gasteiger partial charge in [-0.05, 0) is 30.3 Å². The van der Waals surface area contributed by atoms with Crippen molar-refractivity contribution in [3.8, 4) is 0 Å². The molecule has 0 saturated carbocycles. The molecule has 5 nitrogen and oxygen atoms in total. The average molecular weight is 382 g/mol. The third-order valence-electron chi connectivity index (χ3n) is 3.29. The second-order valence-corrected chi connectivity index (χ2v) is 7.97. The van der Waals surface area contributed by atoms with Gasteiger partial charge in [-0.15, -0.1) is 11.3 Å². The fourth-order valence-corrected chi connectivity index (χ4v) is 5.24. The highest BCUT2D eigenvalue weighted by atomic mass is 35.5. The molecule has 1 N–H and O–H groups in total. The van der Waals surface area contributed by atoms with Crippen LogP contribution in [-0.4, -0.2) is 21.5 Å². The van der Waals surface area contributed by atoms with Gasteiger partial charge in [0.1, 0.15) is 9.77 Å². The predicted octanol–water partition coefficient (Wildman–Crippen LogP) is 4.14. The van der Waals surface area contributed by atoms with E-state index in [0.29, 0.717) is 20.8 Å². The summed E-state index contributed by atoms with van der Waals surface area (Å²) in [6.07, 6.45) is 0. The molecular weight excluding hydrogens is 370 g/mol. The summed E-state index contributed by atoms with van der Waals surface area (Å²) < 4.78 is 33.6. The maximum atomic E-state index is 12.9. The Bertz CT molecular complexity index is 1010. The number of esters is 1. The quantitative estimate of drug-likeness (QED) is 0.689. The topological polar surface area (TPSA) is 72.5 Å². The van der Waals surface area contributed by atoms with Gasteiger partial charge in [-0.2, -0.15) is 0 Å². The highest BCUT2D eigenvalue weighted by Crippen LogP contribution is 2.36. The monoisotopic (exact) mass is 381 g/mol. The molecular formula is C16H12ClNO4S2. The second-order valence-electron chi connectivity index (χ2n) is 4.86.